The average molecular weight is 373 g/mol. The highest BCUT2D eigenvalue weighted by atomic mass is 79.9. The van der Waals surface area contributed by atoms with E-state index in [2.05, 4.69) is 15.9 Å². The van der Waals surface area contributed by atoms with Crippen molar-refractivity contribution in [3.8, 4) is 17.2 Å². The molecule has 4 nitrogen and oxygen atoms in total. The van der Waals surface area contributed by atoms with Gasteiger partial charge in [0.15, 0.2) is 17.2 Å². The fraction of sp³-hybridized carbons (Fsp3) is 0.200. The molecule has 2 N–H and O–H groups in total. The maximum Gasteiger partial charge on any atom is 0.161 e. The van der Waals surface area contributed by atoms with Crippen molar-refractivity contribution in [1.82, 2.24) is 0 Å². The van der Waals surface area contributed by atoms with Crippen LogP contribution in [0.4, 0.5) is 5.69 Å². The van der Waals surface area contributed by atoms with Gasteiger partial charge < -0.3 is 19.9 Å². The molecule has 0 aliphatic heterocycles. The van der Waals surface area contributed by atoms with E-state index in [-0.39, 0.29) is 0 Å². The molecule has 0 spiro atoms. The van der Waals surface area contributed by atoms with Crippen molar-refractivity contribution in [2.75, 3.05) is 20.0 Å². The third-order valence-corrected chi connectivity index (χ3v) is 3.68. The SMILES string of the molecule is COc1ccc(COc2c(N)cc(Cl)cc2Br)cc1OC. The Morgan fingerprint density at radius 2 is 1.81 bits per heavy atom. The third kappa shape index (κ3) is 3.74. The molecular formula is C15H15BrClNO3. The molecule has 0 aliphatic rings. The number of nitrogens with two attached hydrogens (primary N) is 1. The minimum atomic E-state index is 0.352. The summed E-state index contributed by atoms with van der Waals surface area (Å²) >= 11 is 9.30. The smallest absolute Gasteiger partial charge is 0.161 e. The van der Waals surface area contributed by atoms with Crippen LogP contribution in [0.3, 0.4) is 0 Å². The molecular weight excluding hydrogens is 358 g/mol. The Kier molecular flexibility index (Phi) is 5.20. The summed E-state index contributed by atoms with van der Waals surface area (Å²) in [7, 11) is 3.19. The highest BCUT2D eigenvalue weighted by molar-refractivity contribution is 9.10. The number of rotatable bonds is 5. The molecule has 0 unspecified atom stereocenters. The number of anilines is 1. The number of hydrogen-bond donors (Lipinski definition) is 1. The van der Waals surface area contributed by atoms with E-state index in [4.69, 9.17) is 31.5 Å². The highest BCUT2D eigenvalue weighted by Gasteiger charge is 2.10. The van der Waals surface area contributed by atoms with E-state index < -0.39 is 0 Å². The van der Waals surface area contributed by atoms with Gasteiger partial charge in [-0.05, 0) is 45.8 Å². The zero-order valence-corrected chi connectivity index (χ0v) is 14.0. The van der Waals surface area contributed by atoms with Crippen molar-refractivity contribution in [3.05, 3.63) is 45.4 Å². The Bertz CT molecular complexity index is 626. The first kappa shape index (κ1) is 15.8. The molecule has 0 heterocycles. The first-order valence-electron chi connectivity index (χ1n) is 6.13. The number of benzene rings is 2. The number of nitrogen functional groups attached to an aromatic ring is 1. The summed E-state index contributed by atoms with van der Waals surface area (Å²) in [5.41, 5.74) is 7.32. The van der Waals surface area contributed by atoms with Crippen LogP contribution in [0.2, 0.25) is 5.02 Å². The van der Waals surface area contributed by atoms with Crippen LogP contribution in [0, 0.1) is 0 Å². The molecule has 2 rings (SSSR count). The lowest BCUT2D eigenvalue weighted by Crippen LogP contribution is -2.00. The summed E-state index contributed by atoms with van der Waals surface area (Å²) in [6.07, 6.45) is 0. The number of methoxy groups -OCH3 is 2. The molecule has 0 fully saturated rings. The van der Waals surface area contributed by atoms with Gasteiger partial charge in [-0.1, -0.05) is 17.7 Å². The second-order valence-electron chi connectivity index (χ2n) is 4.28. The van der Waals surface area contributed by atoms with E-state index >= 15 is 0 Å². The van der Waals surface area contributed by atoms with Crippen LogP contribution in [0.15, 0.2) is 34.8 Å². The van der Waals surface area contributed by atoms with Crippen LogP contribution < -0.4 is 19.9 Å². The van der Waals surface area contributed by atoms with Crippen LogP contribution in [-0.2, 0) is 6.61 Å². The van der Waals surface area contributed by atoms with Crippen LogP contribution >= 0.6 is 27.5 Å². The minimum absolute atomic E-state index is 0.352. The Hall–Kier alpha value is -1.59. The molecule has 2 aromatic rings. The van der Waals surface area contributed by atoms with Gasteiger partial charge in [-0.25, -0.2) is 0 Å². The van der Waals surface area contributed by atoms with E-state index in [1.165, 1.54) is 0 Å². The molecule has 2 aromatic carbocycles. The molecule has 112 valence electrons. The Labute approximate surface area is 136 Å². The van der Waals surface area contributed by atoms with Gasteiger partial charge in [0.1, 0.15) is 6.61 Å². The van der Waals surface area contributed by atoms with Gasteiger partial charge in [0.05, 0.1) is 24.4 Å². The second-order valence-corrected chi connectivity index (χ2v) is 5.57. The van der Waals surface area contributed by atoms with E-state index in [0.29, 0.717) is 39.0 Å². The van der Waals surface area contributed by atoms with Gasteiger partial charge in [0.2, 0.25) is 0 Å². The van der Waals surface area contributed by atoms with Crippen LogP contribution in [-0.4, -0.2) is 14.2 Å². The van der Waals surface area contributed by atoms with E-state index in [0.717, 1.165) is 5.56 Å². The van der Waals surface area contributed by atoms with Gasteiger partial charge in [0, 0.05) is 5.02 Å². The van der Waals surface area contributed by atoms with Crippen molar-refractivity contribution in [3.63, 3.8) is 0 Å². The van der Waals surface area contributed by atoms with Crippen molar-refractivity contribution in [2.24, 2.45) is 0 Å². The topological polar surface area (TPSA) is 53.7 Å². The summed E-state index contributed by atoms with van der Waals surface area (Å²) in [5.74, 6) is 1.89. The number of ether oxygens (including phenoxy) is 3. The molecule has 6 heteroatoms. The van der Waals surface area contributed by atoms with Crippen LogP contribution in [0.5, 0.6) is 17.2 Å². The third-order valence-electron chi connectivity index (χ3n) is 2.87. The van der Waals surface area contributed by atoms with E-state index in [1.807, 2.05) is 18.2 Å². The first-order chi connectivity index (χ1) is 10.0. The molecule has 0 bridgehead atoms. The lowest BCUT2D eigenvalue weighted by atomic mass is 10.2. The Morgan fingerprint density at radius 3 is 2.43 bits per heavy atom. The standard InChI is InChI=1S/C15H15BrClNO3/c1-19-13-4-3-9(5-14(13)20-2)8-21-15-11(16)6-10(17)7-12(15)18/h3-7H,8,18H2,1-2H3. The molecule has 0 radical (unpaired) electrons. The summed E-state index contributed by atoms with van der Waals surface area (Å²) in [5, 5.41) is 0.554. The van der Waals surface area contributed by atoms with E-state index in [9.17, 15) is 0 Å². The van der Waals surface area contributed by atoms with Crippen molar-refractivity contribution >= 4 is 33.2 Å². The van der Waals surface area contributed by atoms with Gasteiger partial charge in [-0.3, -0.25) is 0 Å². The van der Waals surface area contributed by atoms with Gasteiger partial charge in [-0.2, -0.15) is 0 Å². The first-order valence-corrected chi connectivity index (χ1v) is 7.30. The summed E-state index contributed by atoms with van der Waals surface area (Å²) in [4.78, 5) is 0. The molecule has 0 saturated carbocycles. The summed E-state index contributed by atoms with van der Waals surface area (Å²) in [6.45, 7) is 0.352. The molecule has 0 saturated heterocycles. The normalized spacial score (nSPS) is 10.3. The highest BCUT2D eigenvalue weighted by Crippen LogP contribution is 2.35. The fourth-order valence-electron chi connectivity index (χ4n) is 1.86. The maximum absolute atomic E-state index is 5.92. The van der Waals surface area contributed by atoms with Gasteiger partial charge >= 0.3 is 0 Å². The quantitative estimate of drug-likeness (QED) is 0.796. The van der Waals surface area contributed by atoms with Gasteiger partial charge in [-0.15, -0.1) is 0 Å². The average Bonchev–Trinajstić information content (AvgIpc) is 2.45. The number of halogens is 2. The van der Waals surface area contributed by atoms with Crippen molar-refractivity contribution in [2.45, 2.75) is 6.61 Å². The van der Waals surface area contributed by atoms with Crippen molar-refractivity contribution in [1.29, 1.82) is 0 Å². The zero-order chi connectivity index (χ0) is 15.4. The van der Waals surface area contributed by atoms with Crippen molar-refractivity contribution < 1.29 is 14.2 Å². The Balaban J connectivity index is 2.17. The lowest BCUT2D eigenvalue weighted by molar-refractivity contribution is 0.303. The number of hydrogen-bond acceptors (Lipinski definition) is 4. The Morgan fingerprint density at radius 1 is 1.10 bits per heavy atom. The predicted octanol–water partition coefficient (Wildman–Crippen LogP) is 4.28. The van der Waals surface area contributed by atoms with Crippen LogP contribution in [0.25, 0.3) is 0 Å². The molecule has 0 atom stereocenters. The monoisotopic (exact) mass is 371 g/mol. The zero-order valence-electron chi connectivity index (χ0n) is 11.7. The summed E-state index contributed by atoms with van der Waals surface area (Å²) < 4.78 is 16.9. The molecule has 0 aliphatic carbocycles. The minimum Gasteiger partial charge on any atom is -0.493 e. The van der Waals surface area contributed by atoms with Crippen LogP contribution in [0.1, 0.15) is 5.56 Å². The predicted molar refractivity (Wildman–Crippen MR) is 87.4 cm³/mol. The lowest BCUT2D eigenvalue weighted by Gasteiger charge is -2.13. The molecule has 0 amide bonds. The second kappa shape index (κ2) is 6.91. The molecule has 21 heavy (non-hydrogen) atoms. The maximum atomic E-state index is 5.92. The van der Waals surface area contributed by atoms with E-state index in [1.54, 1.807) is 26.4 Å². The summed E-state index contributed by atoms with van der Waals surface area (Å²) in [6, 6.07) is 8.98. The van der Waals surface area contributed by atoms with Gasteiger partial charge in [0.25, 0.3) is 0 Å². The fourth-order valence-corrected chi connectivity index (χ4v) is 2.81. The largest absolute Gasteiger partial charge is 0.493 e. The molecule has 0 aromatic heterocycles.